The summed E-state index contributed by atoms with van der Waals surface area (Å²) < 4.78 is 18.1. The van der Waals surface area contributed by atoms with Crippen LogP contribution in [0.5, 0.6) is 0 Å². The molecule has 0 saturated carbocycles. The molecule has 7 nitrogen and oxygen atoms in total. The van der Waals surface area contributed by atoms with Crippen molar-refractivity contribution in [3.8, 4) is 0 Å². The maximum absolute atomic E-state index is 13.0. The highest BCUT2D eigenvalue weighted by Crippen LogP contribution is 2.15. The smallest absolute Gasteiger partial charge is 0.428 e. The summed E-state index contributed by atoms with van der Waals surface area (Å²) in [4.78, 5) is 26.6. The molecule has 2 heterocycles. The number of hydrogen-bond acceptors (Lipinski definition) is 5. The third-order valence-corrected chi connectivity index (χ3v) is 3.32. The first kappa shape index (κ1) is 15.6. The van der Waals surface area contributed by atoms with E-state index in [0.717, 1.165) is 5.56 Å². The van der Waals surface area contributed by atoms with Gasteiger partial charge >= 0.3 is 6.09 Å². The Labute approximate surface area is 136 Å². The van der Waals surface area contributed by atoms with Crippen LogP contribution in [0.1, 0.15) is 23.0 Å². The maximum Gasteiger partial charge on any atom is 0.428 e. The number of rotatable bonds is 3. The topological polar surface area (TPSA) is 92.7 Å². The molecule has 8 heteroatoms. The molecule has 0 bridgehead atoms. The molecular weight excluding hydrogens is 315 g/mol. The molecule has 0 aliphatic carbocycles. The van der Waals surface area contributed by atoms with Crippen molar-refractivity contribution < 1.29 is 18.7 Å². The first-order chi connectivity index (χ1) is 11.5. The lowest BCUT2D eigenvalue weighted by atomic mass is 10.1. The molecule has 24 heavy (non-hydrogen) atoms. The summed E-state index contributed by atoms with van der Waals surface area (Å²) in [5, 5.41) is 6.59. The van der Waals surface area contributed by atoms with Crippen LogP contribution in [0.15, 0.2) is 47.6 Å². The van der Waals surface area contributed by atoms with Crippen molar-refractivity contribution in [2.24, 2.45) is 5.10 Å². The summed E-state index contributed by atoms with van der Waals surface area (Å²) in [5.74, 6) is -1.23. The average molecular weight is 328 g/mol. The van der Waals surface area contributed by atoms with Gasteiger partial charge in [-0.1, -0.05) is 18.2 Å². The number of aromatic nitrogens is 1. The van der Waals surface area contributed by atoms with Gasteiger partial charge in [0.15, 0.2) is 0 Å². The fraction of sp³-hybridized carbons (Fsp3) is 0.125. The van der Waals surface area contributed by atoms with E-state index in [1.165, 1.54) is 18.2 Å². The van der Waals surface area contributed by atoms with E-state index in [1.807, 2.05) is 0 Å². The van der Waals surface area contributed by atoms with Gasteiger partial charge in [0.05, 0.1) is 0 Å². The quantitative estimate of drug-likeness (QED) is 0.846. The first-order valence-corrected chi connectivity index (χ1v) is 7.11. The van der Waals surface area contributed by atoms with Gasteiger partial charge in [-0.2, -0.15) is 9.49 Å². The second-order valence-electron chi connectivity index (χ2n) is 5.03. The van der Waals surface area contributed by atoms with Crippen molar-refractivity contribution in [1.29, 1.82) is 0 Å². The van der Waals surface area contributed by atoms with Crippen molar-refractivity contribution in [2.75, 3.05) is 5.32 Å². The van der Waals surface area contributed by atoms with Crippen molar-refractivity contribution in [3.05, 3.63) is 59.7 Å². The van der Waals surface area contributed by atoms with Gasteiger partial charge in [-0.3, -0.25) is 4.79 Å². The minimum absolute atomic E-state index is 0.0135. The second-order valence-corrected chi connectivity index (χ2v) is 5.03. The van der Waals surface area contributed by atoms with Crippen LogP contribution in [0, 0.1) is 5.95 Å². The molecule has 1 aliphatic heterocycles. The molecular formula is C16H13FN4O3. The van der Waals surface area contributed by atoms with Gasteiger partial charge in [0.25, 0.3) is 5.91 Å². The monoisotopic (exact) mass is 328 g/mol. The third kappa shape index (κ3) is 3.37. The van der Waals surface area contributed by atoms with E-state index in [9.17, 15) is 14.0 Å². The van der Waals surface area contributed by atoms with Crippen molar-refractivity contribution >= 4 is 23.4 Å². The van der Waals surface area contributed by atoms with Crippen LogP contribution in [0.4, 0.5) is 14.9 Å². The molecule has 1 unspecified atom stereocenters. The minimum Gasteiger partial charge on any atom is -0.439 e. The van der Waals surface area contributed by atoms with Crippen molar-refractivity contribution in [1.82, 2.24) is 10.4 Å². The Morgan fingerprint density at radius 1 is 1.25 bits per heavy atom. The Morgan fingerprint density at radius 2 is 2.00 bits per heavy atom. The van der Waals surface area contributed by atoms with E-state index < -0.39 is 24.1 Å². The largest absolute Gasteiger partial charge is 0.439 e. The molecule has 2 amide bonds. The molecule has 1 aliphatic rings. The zero-order valence-corrected chi connectivity index (χ0v) is 12.6. The molecule has 3 rings (SSSR count). The highest BCUT2D eigenvalue weighted by atomic mass is 19.1. The highest BCUT2D eigenvalue weighted by molar-refractivity contribution is 6.06. The average Bonchev–Trinajstić information content (AvgIpc) is 2.56. The number of carbonyl (C=O) groups excluding carboxylic acids is 2. The Morgan fingerprint density at radius 3 is 2.67 bits per heavy atom. The number of benzene rings is 1. The van der Waals surface area contributed by atoms with Crippen LogP contribution in [0.2, 0.25) is 0 Å². The molecule has 0 fully saturated rings. The van der Waals surface area contributed by atoms with Crippen LogP contribution >= 0.6 is 0 Å². The number of cyclic esters (lactones) is 1. The number of nitrogens with one attached hydrogen (secondary N) is 2. The molecule has 0 saturated heterocycles. The number of ether oxygens (including phenoxy) is 1. The summed E-state index contributed by atoms with van der Waals surface area (Å²) in [6.07, 6.45) is -1.08. The zero-order valence-electron chi connectivity index (χ0n) is 12.6. The molecule has 1 aromatic heterocycles. The second kappa shape index (κ2) is 6.45. The lowest BCUT2D eigenvalue weighted by Gasteiger charge is -2.20. The summed E-state index contributed by atoms with van der Waals surface area (Å²) >= 11 is 0. The predicted octanol–water partition coefficient (Wildman–Crippen LogP) is 2.31. The van der Waals surface area contributed by atoms with E-state index >= 15 is 0 Å². The Kier molecular flexibility index (Phi) is 4.19. The van der Waals surface area contributed by atoms with E-state index in [4.69, 9.17) is 4.74 Å². The Hall–Kier alpha value is -3.29. The number of pyridine rings is 1. The van der Waals surface area contributed by atoms with Crippen LogP contribution in [0.25, 0.3) is 0 Å². The minimum atomic E-state index is -0.718. The number of hydrogen-bond donors (Lipinski definition) is 2. The number of anilines is 1. The first-order valence-electron chi connectivity index (χ1n) is 7.11. The molecule has 0 spiro atoms. The number of amides is 2. The standard InChI is InChI=1S/C16H13FN4O3/c1-9-14(20-21-16(23)24-9)10-5-7-11(8-6-10)18-15(22)12-3-2-4-13(17)19-12/h2-9H,1H3,(H,18,22)(H,21,23). The lowest BCUT2D eigenvalue weighted by Crippen LogP contribution is -2.37. The molecule has 2 aromatic rings. The van der Waals surface area contributed by atoms with E-state index in [-0.39, 0.29) is 5.69 Å². The van der Waals surface area contributed by atoms with Gasteiger partial charge in [0.1, 0.15) is 17.5 Å². The number of carbonyl (C=O) groups is 2. The predicted molar refractivity (Wildman–Crippen MR) is 84.2 cm³/mol. The maximum atomic E-state index is 13.0. The van der Waals surface area contributed by atoms with Crippen molar-refractivity contribution in [3.63, 3.8) is 0 Å². The zero-order chi connectivity index (χ0) is 17.1. The summed E-state index contributed by atoms with van der Waals surface area (Å²) in [6, 6.07) is 10.8. The van der Waals surface area contributed by atoms with Gasteiger partial charge < -0.3 is 10.1 Å². The number of hydrazone groups is 1. The summed E-state index contributed by atoms with van der Waals surface area (Å²) in [5.41, 5.74) is 4.06. The summed E-state index contributed by atoms with van der Waals surface area (Å²) in [7, 11) is 0. The number of halogens is 1. The normalized spacial score (nSPS) is 16.7. The van der Waals surface area contributed by atoms with Crippen LogP contribution < -0.4 is 10.7 Å². The van der Waals surface area contributed by atoms with Gasteiger partial charge in [-0.15, -0.1) is 0 Å². The lowest BCUT2D eigenvalue weighted by molar-refractivity contribution is 0.102. The van der Waals surface area contributed by atoms with Gasteiger partial charge in [0, 0.05) is 11.3 Å². The van der Waals surface area contributed by atoms with Gasteiger partial charge in [-0.05, 0) is 31.2 Å². The van der Waals surface area contributed by atoms with Gasteiger partial charge in [0.2, 0.25) is 5.95 Å². The van der Waals surface area contributed by atoms with Crippen molar-refractivity contribution in [2.45, 2.75) is 13.0 Å². The van der Waals surface area contributed by atoms with Gasteiger partial charge in [-0.25, -0.2) is 15.2 Å². The molecule has 0 radical (unpaired) electrons. The Bertz CT molecular complexity index is 820. The van der Waals surface area contributed by atoms with Crippen LogP contribution in [0.3, 0.4) is 0 Å². The molecule has 1 atom stereocenters. The van der Waals surface area contributed by atoms with Crippen LogP contribution in [-0.2, 0) is 4.74 Å². The van der Waals surface area contributed by atoms with E-state index in [0.29, 0.717) is 11.4 Å². The molecule has 2 N–H and O–H groups in total. The Balaban J connectivity index is 1.73. The SMILES string of the molecule is CC1OC(=O)NN=C1c1ccc(NC(=O)c2cccc(F)n2)cc1. The summed E-state index contributed by atoms with van der Waals surface area (Å²) in [6.45, 7) is 1.71. The highest BCUT2D eigenvalue weighted by Gasteiger charge is 2.22. The van der Waals surface area contributed by atoms with E-state index in [1.54, 1.807) is 31.2 Å². The third-order valence-electron chi connectivity index (χ3n) is 3.32. The molecule has 122 valence electrons. The number of nitrogens with zero attached hydrogens (tertiary/aromatic N) is 2. The fourth-order valence-corrected chi connectivity index (χ4v) is 2.19. The van der Waals surface area contributed by atoms with E-state index in [2.05, 4.69) is 20.8 Å². The van der Waals surface area contributed by atoms with Crippen LogP contribution in [-0.4, -0.2) is 28.8 Å². The fourth-order valence-electron chi connectivity index (χ4n) is 2.19. The molecule has 1 aromatic carbocycles.